The maximum atomic E-state index is 12.0. The molecule has 0 amide bonds. The molecule has 1 aliphatic heterocycles. The van der Waals surface area contributed by atoms with Gasteiger partial charge in [0, 0.05) is 32.7 Å². The van der Waals surface area contributed by atoms with Crippen molar-refractivity contribution in [1.29, 1.82) is 0 Å². The number of halogens is 1. The molecule has 0 unspecified atom stereocenters. The van der Waals surface area contributed by atoms with Crippen molar-refractivity contribution >= 4 is 40.0 Å². The molecule has 166 valence electrons. The van der Waals surface area contributed by atoms with Crippen molar-refractivity contribution in [2.45, 2.75) is 58.4 Å². The van der Waals surface area contributed by atoms with E-state index in [1.807, 2.05) is 0 Å². The molecule has 0 spiro atoms. The Hall–Kier alpha value is -0.870. The third-order valence-electron chi connectivity index (χ3n) is 5.36. The zero-order chi connectivity index (χ0) is 20.6. The smallest absolute Gasteiger partial charge is 0.213 e. The van der Waals surface area contributed by atoms with Gasteiger partial charge in [-0.05, 0) is 49.7 Å². The number of nitrogens with one attached hydrogen (secondary N) is 2. The second-order valence-corrected chi connectivity index (χ2v) is 9.97. The second-order valence-electron chi connectivity index (χ2n) is 7.72. The van der Waals surface area contributed by atoms with Gasteiger partial charge in [0.15, 0.2) is 5.96 Å². The zero-order valence-electron chi connectivity index (χ0n) is 18.1. The second kappa shape index (κ2) is 12.7. The quantitative estimate of drug-likeness (QED) is 0.232. The van der Waals surface area contributed by atoms with E-state index < -0.39 is 10.0 Å². The summed E-state index contributed by atoms with van der Waals surface area (Å²) in [7, 11) is -1.30. The van der Waals surface area contributed by atoms with Crippen LogP contribution in [0.2, 0.25) is 0 Å². The first-order valence-electron chi connectivity index (χ1n) is 10.4. The van der Waals surface area contributed by atoms with E-state index in [1.54, 1.807) is 18.3 Å². The number of hydrogen-bond acceptors (Lipinski definition) is 3. The van der Waals surface area contributed by atoms with Crippen molar-refractivity contribution in [3.63, 3.8) is 0 Å². The van der Waals surface area contributed by atoms with Gasteiger partial charge in [-0.3, -0.25) is 4.99 Å². The molecule has 1 aromatic rings. The SMILES string of the molecule is CCS(=O)(=O)N1CCC(NC(=NC)NCCCc2ccc(C(C)C)cc2)CC1.I. The number of benzene rings is 1. The summed E-state index contributed by atoms with van der Waals surface area (Å²) in [5.74, 6) is 1.54. The predicted octanol–water partition coefficient (Wildman–Crippen LogP) is 3.34. The minimum atomic E-state index is -3.07. The van der Waals surface area contributed by atoms with Crippen molar-refractivity contribution in [2.75, 3.05) is 32.4 Å². The molecule has 6 nitrogen and oxygen atoms in total. The van der Waals surface area contributed by atoms with Crippen LogP contribution in [0.4, 0.5) is 0 Å². The molecule has 0 aromatic heterocycles. The molecule has 1 aliphatic rings. The van der Waals surface area contributed by atoms with Gasteiger partial charge in [0.1, 0.15) is 0 Å². The lowest BCUT2D eigenvalue weighted by Crippen LogP contribution is -2.50. The lowest BCUT2D eigenvalue weighted by Gasteiger charge is -2.32. The highest BCUT2D eigenvalue weighted by Crippen LogP contribution is 2.16. The van der Waals surface area contributed by atoms with Crippen LogP contribution in [0.15, 0.2) is 29.3 Å². The molecule has 1 saturated heterocycles. The Morgan fingerprint density at radius 2 is 1.83 bits per heavy atom. The molecule has 1 heterocycles. The standard InChI is InChI=1S/C21H36N4O2S.HI/c1-5-28(26,27)25-15-12-20(13-16-25)24-21(22-4)23-14-6-7-18-8-10-19(11-9-18)17(2)3;/h8-11,17,20H,5-7,12-16H2,1-4H3,(H2,22,23,24);1H. The summed E-state index contributed by atoms with van der Waals surface area (Å²) in [6.07, 6.45) is 3.69. The van der Waals surface area contributed by atoms with Gasteiger partial charge in [-0.2, -0.15) is 0 Å². The first kappa shape index (κ1) is 26.2. The van der Waals surface area contributed by atoms with Crippen molar-refractivity contribution in [3.8, 4) is 0 Å². The fourth-order valence-corrected chi connectivity index (χ4v) is 4.55. The van der Waals surface area contributed by atoms with Crippen LogP contribution in [-0.2, 0) is 16.4 Å². The van der Waals surface area contributed by atoms with Crippen LogP contribution in [0, 0.1) is 0 Å². The molecular formula is C21H37IN4O2S. The van der Waals surface area contributed by atoms with Crippen LogP contribution in [-0.4, -0.2) is 57.2 Å². The number of piperidine rings is 1. The van der Waals surface area contributed by atoms with Gasteiger partial charge in [-0.15, -0.1) is 24.0 Å². The fraction of sp³-hybridized carbons (Fsp3) is 0.667. The molecule has 1 fully saturated rings. The van der Waals surface area contributed by atoms with Crippen molar-refractivity contribution < 1.29 is 8.42 Å². The minimum Gasteiger partial charge on any atom is -0.356 e. The molecule has 0 atom stereocenters. The Morgan fingerprint density at radius 3 is 2.34 bits per heavy atom. The first-order valence-corrected chi connectivity index (χ1v) is 12.0. The minimum absolute atomic E-state index is 0. The van der Waals surface area contributed by atoms with Gasteiger partial charge in [0.25, 0.3) is 0 Å². The van der Waals surface area contributed by atoms with Crippen LogP contribution < -0.4 is 10.6 Å². The average Bonchev–Trinajstić information content (AvgIpc) is 2.71. The molecule has 29 heavy (non-hydrogen) atoms. The highest BCUT2D eigenvalue weighted by Gasteiger charge is 2.26. The predicted molar refractivity (Wildman–Crippen MR) is 133 cm³/mol. The Kier molecular flexibility index (Phi) is 11.5. The van der Waals surface area contributed by atoms with E-state index in [1.165, 1.54) is 11.1 Å². The van der Waals surface area contributed by atoms with Crippen LogP contribution in [0.3, 0.4) is 0 Å². The van der Waals surface area contributed by atoms with Gasteiger partial charge in [-0.1, -0.05) is 38.1 Å². The number of nitrogens with zero attached hydrogens (tertiary/aromatic N) is 2. The van der Waals surface area contributed by atoms with Crippen LogP contribution >= 0.6 is 24.0 Å². The van der Waals surface area contributed by atoms with E-state index in [9.17, 15) is 8.42 Å². The van der Waals surface area contributed by atoms with Gasteiger partial charge in [0.05, 0.1) is 5.75 Å². The van der Waals surface area contributed by atoms with Gasteiger partial charge < -0.3 is 10.6 Å². The number of aliphatic imine (C=N–C) groups is 1. The Morgan fingerprint density at radius 1 is 1.21 bits per heavy atom. The van der Waals surface area contributed by atoms with Gasteiger partial charge >= 0.3 is 0 Å². The van der Waals surface area contributed by atoms with Crippen LogP contribution in [0.25, 0.3) is 0 Å². The number of sulfonamides is 1. The summed E-state index contributed by atoms with van der Waals surface area (Å²) in [5.41, 5.74) is 2.74. The number of aryl methyl sites for hydroxylation is 1. The molecule has 2 N–H and O–H groups in total. The summed E-state index contributed by atoms with van der Waals surface area (Å²) in [4.78, 5) is 4.30. The summed E-state index contributed by atoms with van der Waals surface area (Å²) < 4.78 is 25.5. The summed E-state index contributed by atoms with van der Waals surface area (Å²) in [6.45, 7) is 8.14. The van der Waals surface area contributed by atoms with Crippen molar-refractivity contribution in [3.05, 3.63) is 35.4 Å². The monoisotopic (exact) mass is 536 g/mol. The van der Waals surface area contributed by atoms with Gasteiger partial charge in [-0.25, -0.2) is 12.7 Å². The topological polar surface area (TPSA) is 73.8 Å². The van der Waals surface area contributed by atoms with Gasteiger partial charge in [0.2, 0.25) is 10.0 Å². The third kappa shape index (κ3) is 8.41. The Balaban J connectivity index is 0.00000420. The normalized spacial score (nSPS) is 16.5. The third-order valence-corrected chi connectivity index (χ3v) is 7.24. The van der Waals surface area contributed by atoms with E-state index in [2.05, 4.69) is 53.7 Å². The molecule has 0 bridgehead atoms. The number of guanidine groups is 1. The number of hydrogen-bond donors (Lipinski definition) is 2. The fourth-order valence-electron chi connectivity index (χ4n) is 3.42. The molecule has 1 aromatic carbocycles. The highest BCUT2D eigenvalue weighted by molar-refractivity contribution is 14.0. The first-order chi connectivity index (χ1) is 13.4. The van der Waals surface area contributed by atoms with E-state index in [4.69, 9.17) is 0 Å². The van der Waals surface area contributed by atoms with E-state index >= 15 is 0 Å². The van der Waals surface area contributed by atoms with E-state index in [0.717, 1.165) is 38.2 Å². The molecule has 8 heteroatoms. The Labute approximate surface area is 194 Å². The summed E-state index contributed by atoms with van der Waals surface area (Å²) >= 11 is 0. The van der Waals surface area contributed by atoms with E-state index in [0.29, 0.717) is 19.0 Å². The summed E-state index contributed by atoms with van der Waals surface area (Å²) in [6, 6.07) is 9.15. The lowest BCUT2D eigenvalue weighted by atomic mass is 10.0. The zero-order valence-corrected chi connectivity index (χ0v) is 21.3. The van der Waals surface area contributed by atoms with E-state index in [-0.39, 0.29) is 35.8 Å². The average molecular weight is 537 g/mol. The number of rotatable bonds is 8. The van der Waals surface area contributed by atoms with Crippen LogP contribution in [0.1, 0.15) is 57.1 Å². The Bertz CT molecular complexity index is 728. The highest BCUT2D eigenvalue weighted by atomic mass is 127. The molecular weight excluding hydrogens is 499 g/mol. The summed E-state index contributed by atoms with van der Waals surface area (Å²) in [5, 5.41) is 6.81. The van der Waals surface area contributed by atoms with Crippen molar-refractivity contribution in [2.24, 2.45) is 4.99 Å². The largest absolute Gasteiger partial charge is 0.356 e. The molecule has 0 saturated carbocycles. The molecule has 0 aliphatic carbocycles. The molecule has 0 radical (unpaired) electrons. The van der Waals surface area contributed by atoms with Crippen molar-refractivity contribution in [1.82, 2.24) is 14.9 Å². The lowest BCUT2D eigenvalue weighted by molar-refractivity contribution is 0.306. The maximum Gasteiger partial charge on any atom is 0.213 e. The maximum absolute atomic E-state index is 12.0. The van der Waals surface area contributed by atoms with Crippen LogP contribution in [0.5, 0.6) is 0 Å². The molecule has 2 rings (SSSR count).